The fraction of sp³-hybridized carbons (Fsp3) is 0.286. The molecule has 1 atom stereocenters. The lowest BCUT2D eigenvalue weighted by molar-refractivity contribution is 0.386. The topological polar surface area (TPSA) is 40.5 Å². The van der Waals surface area contributed by atoms with E-state index in [2.05, 4.69) is 19.1 Å². The number of hydrogen-bond acceptors (Lipinski definition) is 2. The van der Waals surface area contributed by atoms with Crippen LogP contribution >= 0.6 is 11.6 Å². The van der Waals surface area contributed by atoms with Crippen molar-refractivity contribution in [2.45, 2.75) is 25.0 Å². The number of halogens is 1. The molecule has 1 aromatic rings. The zero-order valence-electron chi connectivity index (χ0n) is 10.5. The molecule has 0 saturated heterocycles. The molecule has 1 unspecified atom stereocenters. The zero-order chi connectivity index (χ0) is 13.3. The summed E-state index contributed by atoms with van der Waals surface area (Å²) in [6, 6.07) is 8.13. The molecule has 1 aliphatic carbocycles. The third-order valence-electron chi connectivity index (χ3n) is 3.39. The van der Waals surface area contributed by atoms with E-state index in [1.807, 2.05) is 25.1 Å². The maximum Gasteiger partial charge on any atom is 0.478 e. The smallest absolute Gasteiger partial charge is 0.426 e. The van der Waals surface area contributed by atoms with E-state index in [-0.39, 0.29) is 0 Å². The minimum atomic E-state index is -1.55. The van der Waals surface area contributed by atoms with Crippen molar-refractivity contribution in [2.24, 2.45) is 0 Å². The average molecular weight is 263 g/mol. The summed E-state index contributed by atoms with van der Waals surface area (Å²) < 4.78 is -1.10. The Bertz CT molecular complexity index is 522. The standard InChI is InChI=1S/C14H16BClO2/c1-10-5-3-4-6-12(10)13-7-8-14(16,15(17)18)9-11(13)2/h3-8,17-18H,9H2,1-2H3. The van der Waals surface area contributed by atoms with Gasteiger partial charge >= 0.3 is 7.12 Å². The summed E-state index contributed by atoms with van der Waals surface area (Å²) in [5.74, 6) is 0. The van der Waals surface area contributed by atoms with Crippen LogP contribution in [0.1, 0.15) is 24.5 Å². The van der Waals surface area contributed by atoms with Gasteiger partial charge in [0.2, 0.25) is 0 Å². The maximum absolute atomic E-state index is 9.32. The van der Waals surface area contributed by atoms with Crippen molar-refractivity contribution in [3.63, 3.8) is 0 Å². The van der Waals surface area contributed by atoms with E-state index < -0.39 is 11.9 Å². The number of rotatable bonds is 2. The molecule has 0 spiro atoms. The molecule has 94 valence electrons. The van der Waals surface area contributed by atoms with Crippen LogP contribution in [0.4, 0.5) is 0 Å². The molecule has 2 nitrogen and oxygen atoms in total. The van der Waals surface area contributed by atoms with Crippen molar-refractivity contribution in [2.75, 3.05) is 0 Å². The van der Waals surface area contributed by atoms with Gasteiger partial charge in [-0.2, -0.15) is 0 Å². The molecule has 0 fully saturated rings. The Balaban J connectivity index is 2.39. The molecule has 0 radical (unpaired) electrons. The molecule has 0 heterocycles. The van der Waals surface area contributed by atoms with E-state index in [1.165, 1.54) is 5.56 Å². The molecule has 0 aromatic heterocycles. The van der Waals surface area contributed by atoms with Crippen LogP contribution in [0.25, 0.3) is 5.57 Å². The van der Waals surface area contributed by atoms with Crippen LogP contribution < -0.4 is 0 Å². The fourth-order valence-corrected chi connectivity index (χ4v) is 2.56. The fourth-order valence-electron chi connectivity index (χ4n) is 2.30. The Labute approximate surface area is 113 Å². The highest BCUT2D eigenvalue weighted by Gasteiger charge is 2.40. The van der Waals surface area contributed by atoms with Crippen molar-refractivity contribution in [3.05, 3.63) is 53.1 Å². The minimum absolute atomic E-state index is 0.437. The number of benzene rings is 1. The average Bonchev–Trinajstić information content (AvgIpc) is 2.30. The second-order valence-electron chi connectivity index (χ2n) is 4.82. The van der Waals surface area contributed by atoms with Crippen molar-refractivity contribution in [1.82, 2.24) is 0 Å². The van der Waals surface area contributed by atoms with Gasteiger partial charge < -0.3 is 10.0 Å². The third kappa shape index (κ3) is 2.39. The van der Waals surface area contributed by atoms with Crippen LogP contribution in [0, 0.1) is 6.92 Å². The van der Waals surface area contributed by atoms with Crippen LogP contribution in [0.3, 0.4) is 0 Å². The highest BCUT2D eigenvalue weighted by molar-refractivity contribution is 6.62. The summed E-state index contributed by atoms with van der Waals surface area (Å²) >= 11 is 6.18. The lowest BCUT2D eigenvalue weighted by Crippen LogP contribution is -2.41. The molecular weight excluding hydrogens is 246 g/mol. The second-order valence-corrected chi connectivity index (χ2v) is 5.52. The van der Waals surface area contributed by atoms with Gasteiger partial charge in [-0.25, -0.2) is 0 Å². The number of aryl methyl sites for hydroxylation is 1. The third-order valence-corrected chi connectivity index (χ3v) is 3.84. The summed E-state index contributed by atoms with van der Waals surface area (Å²) in [7, 11) is -1.55. The predicted molar refractivity (Wildman–Crippen MR) is 76.3 cm³/mol. The van der Waals surface area contributed by atoms with Gasteiger partial charge in [-0.05, 0) is 37.0 Å². The first kappa shape index (κ1) is 13.4. The first-order valence-corrected chi connectivity index (χ1v) is 6.32. The molecule has 0 bridgehead atoms. The first-order valence-electron chi connectivity index (χ1n) is 5.94. The highest BCUT2D eigenvalue weighted by Crippen LogP contribution is 2.37. The van der Waals surface area contributed by atoms with Gasteiger partial charge in [0.15, 0.2) is 0 Å². The Morgan fingerprint density at radius 1 is 1.22 bits per heavy atom. The van der Waals surface area contributed by atoms with Gasteiger partial charge in [0.25, 0.3) is 0 Å². The van der Waals surface area contributed by atoms with Crippen LogP contribution in [-0.4, -0.2) is 21.9 Å². The molecule has 0 aliphatic heterocycles. The van der Waals surface area contributed by atoms with Crippen molar-refractivity contribution in [3.8, 4) is 0 Å². The van der Waals surface area contributed by atoms with Gasteiger partial charge in [0.1, 0.15) is 4.77 Å². The Morgan fingerprint density at radius 2 is 1.89 bits per heavy atom. The number of alkyl halides is 1. The molecular formula is C14H16BClO2. The summed E-state index contributed by atoms with van der Waals surface area (Å²) in [6.45, 7) is 4.04. The predicted octanol–water partition coefficient (Wildman–Crippen LogP) is 2.72. The molecule has 2 rings (SSSR count). The second kappa shape index (κ2) is 4.92. The summed E-state index contributed by atoms with van der Waals surface area (Å²) in [6.07, 6.45) is 3.99. The molecule has 1 aromatic carbocycles. The van der Waals surface area contributed by atoms with Crippen molar-refractivity contribution < 1.29 is 10.0 Å². The maximum atomic E-state index is 9.32. The van der Waals surface area contributed by atoms with E-state index in [0.717, 1.165) is 16.7 Å². The summed E-state index contributed by atoms with van der Waals surface area (Å²) in [5.41, 5.74) is 4.54. The van der Waals surface area contributed by atoms with Gasteiger partial charge in [0.05, 0.1) is 0 Å². The van der Waals surface area contributed by atoms with Gasteiger partial charge in [-0.3, -0.25) is 0 Å². The van der Waals surface area contributed by atoms with Gasteiger partial charge in [-0.15, -0.1) is 11.6 Å². The molecule has 0 saturated carbocycles. The summed E-state index contributed by atoms with van der Waals surface area (Å²) in [5, 5.41) is 18.6. The molecule has 0 amide bonds. The van der Waals surface area contributed by atoms with Crippen LogP contribution in [0.2, 0.25) is 0 Å². The van der Waals surface area contributed by atoms with Crippen LogP contribution in [0.5, 0.6) is 0 Å². The molecule has 18 heavy (non-hydrogen) atoms. The van der Waals surface area contributed by atoms with Crippen LogP contribution in [0.15, 0.2) is 42.0 Å². The van der Waals surface area contributed by atoms with E-state index in [4.69, 9.17) is 11.6 Å². The summed E-state index contributed by atoms with van der Waals surface area (Å²) in [4.78, 5) is 0. The Kier molecular flexibility index (Phi) is 3.67. The lowest BCUT2D eigenvalue weighted by Gasteiger charge is -2.28. The van der Waals surface area contributed by atoms with E-state index >= 15 is 0 Å². The molecule has 2 N–H and O–H groups in total. The normalized spacial score (nSPS) is 23.4. The zero-order valence-corrected chi connectivity index (χ0v) is 11.3. The largest absolute Gasteiger partial charge is 0.478 e. The number of hydrogen-bond donors (Lipinski definition) is 2. The van der Waals surface area contributed by atoms with Gasteiger partial charge in [-0.1, -0.05) is 42.0 Å². The monoisotopic (exact) mass is 262 g/mol. The number of allylic oxidation sites excluding steroid dienone is 4. The van der Waals surface area contributed by atoms with E-state index in [9.17, 15) is 10.0 Å². The first-order chi connectivity index (χ1) is 8.44. The molecule has 1 aliphatic rings. The van der Waals surface area contributed by atoms with Gasteiger partial charge in [0, 0.05) is 0 Å². The molecule has 4 heteroatoms. The lowest BCUT2D eigenvalue weighted by atomic mass is 9.65. The quantitative estimate of drug-likeness (QED) is 0.635. The van der Waals surface area contributed by atoms with E-state index in [0.29, 0.717) is 6.42 Å². The van der Waals surface area contributed by atoms with Crippen molar-refractivity contribution >= 4 is 24.3 Å². The van der Waals surface area contributed by atoms with E-state index in [1.54, 1.807) is 6.08 Å². The van der Waals surface area contributed by atoms with Crippen molar-refractivity contribution in [1.29, 1.82) is 0 Å². The SMILES string of the molecule is CC1=C(c2ccccc2C)C=CC(Cl)(B(O)O)C1. The highest BCUT2D eigenvalue weighted by atomic mass is 35.5. The van der Waals surface area contributed by atoms with Crippen LogP contribution in [-0.2, 0) is 0 Å². The minimum Gasteiger partial charge on any atom is -0.426 e. The Hall–Kier alpha value is -1.03. The Morgan fingerprint density at radius 3 is 2.44 bits per heavy atom.